The molecule has 1 aromatic heterocycles. The maximum absolute atomic E-state index is 12.8. The highest BCUT2D eigenvalue weighted by Crippen LogP contribution is 2.42. The Kier molecular flexibility index (Phi) is 4.80. The highest BCUT2D eigenvalue weighted by molar-refractivity contribution is 5.84. The van der Waals surface area contributed by atoms with E-state index in [2.05, 4.69) is 10.3 Å². The summed E-state index contributed by atoms with van der Waals surface area (Å²) in [5, 5.41) is 4.06. The van der Waals surface area contributed by atoms with E-state index in [9.17, 15) is 9.59 Å². The van der Waals surface area contributed by atoms with Crippen molar-refractivity contribution in [1.82, 2.24) is 10.3 Å². The van der Waals surface area contributed by atoms with Gasteiger partial charge in [-0.05, 0) is 60.7 Å². The Morgan fingerprint density at radius 3 is 2.67 bits per heavy atom. The smallest absolute Gasteiger partial charge is 0.251 e. The van der Waals surface area contributed by atoms with Crippen LogP contribution in [0.15, 0.2) is 59.4 Å². The van der Waals surface area contributed by atoms with Gasteiger partial charge in [-0.2, -0.15) is 0 Å². The maximum Gasteiger partial charge on any atom is 0.251 e. The molecule has 3 aromatic rings. The molecule has 1 heterocycles. The number of aromatic amines is 1. The number of pyridine rings is 1. The molecule has 27 heavy (non-hydrogen) atoms. The van der Waals surface area contributed by atoms with Crippen LogP contribution in [0.1, 0.15) is 35.4 Å². The quantitative estimate of drug-likeness (QED) is 0.704. The summed E-state index contributed by atoms with van der Waals surface area (Å²) in [6.07, 6.45) is 2.74. The zero-order chi connectivity index (χ0) is 18.8. The highest BCUT2D eigenvalue weighted by atomic mass is 16.2. The Balaban J connectivity index is 1.44. The average molecular weight is 360 g/mol. The molecule has 2 aromatic carbocycles. The van der Waals surface area contributed by atoms with E-state index in [1.165, 1.54) is 0 Å². The predicted octanol–water partition coefficient (Wildman–Crippen LogP) is 3.69. The van der Waals surface area contributed by atoms with E-state index in [1.54, 1.807) is 0 Å². The van der Waals surface area contributed by atoms with Gasteiger partial charge in [0.2, 0.25) is 5.91 Å². The Bertz CT molecular complexity index is 1020. The van der Waals surface area contributed by atoms with E-state index in [-0.39, 0.29) is 17.4 Å². The third kappa shape index (κ3) is 3.95. The Morgan fingerprint density at radius 2 is 1.93 bits per heavy atom. The summed E-state index contributed by atoms with van der Waals surface area (Å²) in [5.41, 5.74) is 3.67. The number of rotatable bonds is 6. The second kappa shape index (κ2) is 7.39. The number of aryl methyl sites for hydroxylation is 1. The lowest BCUT2D eigenvalue weighted by molar-refractivity contribution is -0.123. The largest absolute Gasteiger partial charge is 0.355 e. The lowest BCUT2D eigenvalue weighted by atomic mass is 9.93. The molecule has 1 atom stereocenters. The molecule has 0 bridgehead atoms. The van der Waals surface area contributed by atoms with Crippen molar-refractivity contribution in [3.05, 3.63) is 81.6 Å². The summed E-state index contributed by atoms with van der Waals surface area (Å²) < 4.78 is 0. The summed E-state index contributed by atoms with van der Waals surface area (Å²) in [4.78, 5) is 28.0. The van der Waals surface area contributed by atoms with E-state index in [0.29, 0.717) is 24.4 Å². The average Bonchev–Trinajstić information content (AvgIpc) is 3.48. The fraction of sp³-hybridized carbons (Fsp3) is 0.304. The van der Waals surface area contributed by atoms with Gasteiger partial charge in [0.1, 0.15) is 0 Å². The molecule has 1 saturated carbocycles. The second-order valence-corrected chi connectivity index (χ2v) is 7.48. The van der Waals surface area contributed by atoms with E-state index >= 15 is 0 Å². The molecule has 1 fully saturated rings. The van der Waals surface area contributed by atoms with Gasteiger partial charge in [-0.15, -0.1) is 0 Å². The van der Waals surface area contributed by atoms with Crippen molar-refractivity contribution in [2.75, 3.05) is 6.54 Å². The van der Waals surface area contributed by atoms with E-state index in [1.807, 2.05) is 61.5 Å². The number of hydrogen-bond acceptors (Lipinski definition) is 2. The monoisotopic (exact) mass is 360 g/mol. The van der Waals surface area contributed by atoms with Crippen LogP contribution in [0.4, 0.5) is 0 Å². The van der Waals surface area contributed by atoms with Gasteiger partial charge in [-0.25, -0.2) is 0 Å². The number of amides is 1. The van der Waals surface area contributed by atoms with Gasteiger partial charge in [-0.3, -0.25) is 9.59 Å². The molecule has 0 aliphatic heterocycles. The summed E-state index contributed by atoms with van der Waals surface area (Å²) >= 11 is 0. The van der Waals surface area contributed by atoms with Crippen LogP contribution < -0.4 is 10.9 Å². The molecule has 4 nitrogen and oxygen atoms in total. The van der Waals surface area contributed by atoms with E-state index < -0.39 is 0 Å². The number of benzene rings is 2. The van der Waals surface area contributed by atoms with Crippen molar-refractivity contribution in [3.8, 4) is 0 Å². The lowest BCUT2D eigenvalue weighted by Gasteiger charge is -2.16. The zero-order valence-electron chi connectivity index (χ0n) is 15.5. The van der Waals surface area contributed by atoms with Gasteiger partial charge < -0.3 is 10.3 Å². The van der Waals surface area contributed by atoms with Crippen molar-refractivity contribution in [2.45, 2.75) is 32.1 Å². The minimum Gasteiger partial charge on any atom is -0.355 e. The number of nitrogens with one attached hydrogen (secondary N) is 2. The van der Waals surface area contributed by atoms with Gasteiger partial charge in [0.25, 0.3) is 5.56 Å². The lowest BCUT2D eigenvalue weighted by Crippen LogP contribution is -2.32. The standard InChI is InChI=1S/C23H24N2O2/c1-15-7-8-18-14-19(22(26)25-20(18)13-15)11-12-24-23(27)21(17-9-10-17)16-5-3-2-4-6-16/h2-8,13-14,17,21H,9-12H2,1H3,(H,24,27)(H,25,26). The maximum atomic E-state index is 12.8. The van der Waals surface area contributed by atoms with Crippen molar-refractivity contribution in [3.63, 3.8) is 0 Å². The van der Waals surface area contributed by atoms with Crippen LogP contribution in [0, 0.1) is 12.8 Å². The summed E-state index contributed by atoms with van der Waals surface area (Å²) in [6.45, 7) is 2.47. The molecule has 1 amide bonds. The normalized spacial score (nSPS) is 14.9. The fourth-order valence-electron chi connectivity index (χ4n) is 3.70. The molecule has 0 saturated heterocycles. The fourth-order valence-corrected chi connectivity index (χ4v) is 3.70. The molecule has 4 rings (SSSR count). The van der Waals surface area contributed by atoms with Crippen LogP contribution in [0.3, 0.4) is 0 Å². The first-order valence-electron chi connectivity index (χ1n) is 9.57. The molecule has 1 unspecified atom stereocenters. The topological polar surface area (TPSA) is 62.0 Å². The number of fused-ring (bicyclic) bond motifs is 1. The summed E-state index contributed by atoms with van der Waals surface area (Å²) in [7, 11) is 0. The molecule has 4 heteroatoms. The SMILES string of the molecule is Cc1ccc2cc(CCNC(=O)C(c3ccccc3)C3CC3)c(=O)[nH]c2c1. The highest BCUT2D eigenvalue weighted by Gasteiger charge is 2.36. The van der Waals surface area contributed by atoms with E-state index in [4.69, 9.17) is 0 Å². The van der Waals surface area contributed by atoms with Crippen LogP contribution in [-0.2, 0) is 11.2 Å². The van der Waals surface area contributed by atoms with Crippen LogP contribution >= 0.6 is 0 Å². The number of carbonyl (C=O) groups excluding carboxylic acids is 1. The van der Waals surface area contributed by atoms with Gasteiger partial charge >= 0.3 is 0 Å². The third-order valence-electron chi connectivity index (χ3n) is 5.31. The molecular weight excluding hydrogens is 336 g/mol. The predicted molar refractivity (Wildman–Crippen MR) is 108 cm³/mol. The minimum absolute atomic E-state index is 0.0662. The van der Waals surface area contributed by atoms with Gasteiger partial charge in [0, 0.05) is 17.6 Å². The van der Waals surface area contributed by atoms with Crippen molar-refractivity contribution < 1.29 is 4.79 Å². The van der Waals surface area contributed by atoms with Crippen LogP contribution in [-0.4, -0.2) is 17.4 Å². The van der Waals surface area contributed by atoms with Gasteiger partial charge in [0.15, 0.2) is 0 Å². The number of aromatic nitrogens is 1. The van der Waals surface area contributed by atoms with Crippen molar-refractivity contribution in [2.24, 2.45) is 5.92 Å². The first-order valence-corrected chi connectivity index (χ1v) is 9.57. The first kappa shape index (κ1) is 17.5. The Labute approximate surface area is 158 Å². The second-order valence-electron chi connectivity index (χ2n) is 7.48. The van der Waals surface area contributed by atoms with Crippen LogP contribution in [0.2, 0.25) is 0 Å². The summed E-state index contributed by atoms with van der Waals surface area (Å²) in [5.74, 6) is 0.431. The number of H-pyrrole nitrogens is 1. The molecule has 1 aliphatic rings. The molecule has 0 spiro atoms. The summed E-state index contributed by atoms with van der Waals surface area (Å²) in [6, 6.07) is 17.9. The first-order chi connectivity index (χ1) is 13.1. The Hall–Kier alpha value is -2.88. The van der Waals surface area contributed by atoms with Crippen LogP contribution in [0.5, 0.6) is 0 Å². The molecule has 2 N–H and O–H groups in total. The van der Waals surface area contributed by atoms with E-state index in [0.717, 1.165) is 34.9 Å². The van der Waals surface area contributed by atoms with Crippen molar-refractivity contribution >= 4 is 16.8 Å². The minimum atomic E-state index is -0.0796. The molecular formula is C23H24N2O2. The zero-order valence-corrected chi connectivity index (χ0v) is 15.5. The molecule has 1 aliphatic carbocycles. The van der Waals surface area contributed by atoms with Crippen LogP contribution in [0.25, 0.3) is 10.9 Å². The number of hydrogen-bond donors (Lipinski definition) is 2. The molecule has 0 radical (unpaired) electrons. The van der Waals surface area contributed by atoms with Crippen molar-refractivity contribution in [1.29, 1.82) is 0 Å². The van der Waals surface area contributed by atoms with Gasteiger partial charge in [0.05, 0.1) is 5.92 Å². The molecule has 138 valence electrons. The number of carbonyl (C=O) groups is 1. The van der Waals surface area contributed by atoms with Gasteiger partial charge in [-0.1, -0.05) is 42.5 Å². The Morgan fingerprint density at radius 1 is 1.15 bits per heavy atom. The third-order valence-corrected chi connectivity index (χ3v) is 5.31.